The molecular formula is C10H14N2O5S2. The van der Waals surface area contributed by atoms with Crippen molar-refractivity contribution in [1.82, 2.24) is 5.32 Å². The maximum Gasteiger partial charge on any atom is 0.238 e. The molecule has 0 saturated heterocycles. The van der Waals surface area contributed by atoms with Crippen molar-refractivity contribution in [1.29, 1.82) is 0 Å². The van der Waals surface area contributed by atoms with Crippen LogP contribution in [-0.4, -0.2) is 34.8 Å². The van der Waals surface area contributed by atoms with Gasteiger partial charge in [-0.3, -0.25) is 4.79 Å². The van der Waals surface area contributed by atoms with Crippen LogP contribution in [0.25, 0.3) is 0 Å². The topological polar surface area (TPSA) is 123 Å². The Morgan fingerprint density at radius 1 is 1.26 bits per heavy atom. The summed E-state index contributed by atoms with van der Waals surface area (Å²) in [4.78, 5) is 11.2. The van der Waals surface area contributed by atoms with Crippen molar-refractivity contribution in [3.63, 3.8) is 0 Å². The smallest absolute Gasteiger partial charge is 0.238 e. The molecule has 19 heavy (non-hydrogen) atoms. The Morgan fingerprint density at radius 2 is 1.89 bits per heavy atom. The minimum absolute atomic E-state index is 0.0255. The highest BCUT2D eigenvalue weighted by molar-refractivity contribution is 7.91. The van der Waals surface area contributed by atoms with Gasteiger partial charge in [-0.05, 0) is 17.7 Å². The number of sulfonamides is 1. The second-order valence-corrected chi connectivity index (χ2v) is 7.74. The first-order valence-electron chi connectivity index (χ1n) is 5.14. The maximum atomic E-state index is 11.3. The molecule has 0 atom stereocenters. The van der Waals surface area contributed by atoms with Gasteiger partial charge < -0.3 is 5.32 Å². The van der Waals surface area contributed by atoms with E-state index in [9.17, 15) is 21.6 Å². The monoisotopic (exact) mass is 306 g/mol. The Labute approximate surface area is 111 Å². The van der Waals surface area contributed by atoms with Crippen molar-refractivity contribution in [3.05, 3.63) is 29.8 Å². The van der Waals surface area contributed by atoms with Crippen LogP contribution in [0.15, 0.2) is 29.2 Å². The standard InChI is InChI=1S/C10H14N2O5S2/c1-18(14,15)7-10(13)12-6-8-3-2-4-9(5-8)19(11,16)17/h2-5H,6-7H2,1H3,(H,12,13)(H2,11,16,17). The van der Waals surface area contributed by atoms with Crippen LogP contribution >= 0.6 is 0 Å². The molecule has 0 aliphatic rings. The Balaban J connectivity index is 2.72. The molecule has 9 heteroatoms. The lowest BCUT2D eigenvalue weighted by Gasteiger charge is -2.06. The lowest BCUT2D eigenvalue weighted by Crippen LogP contribution is -2.29. The molecule has 0 aromatic heterocycles. The van der Waals surface area contributed by atoms with E-state index in [4.69, 9.17) is 5.14 Å². The first-order chi connectivity index (χ1) is 8.58. The summed E-state index contributed by atoms with van der Waals surface area (Å²) in [5.74, 6) is -1.26. The second kappa shape index (κ2) is 5.68. The Morgan fingerprint density at radius 3 is 2.42 bits per heavy atom. The van der Waals surface area contributed by atoms with Crippen LogP contribution in [0.3, 0.4) is 0 Å². The second-order valence-electron chi connectivity index (χ2n) is 4.04. The van der Waals surface area contributed by atoms with Crippen molar-refractivity contribution >= 4 is 25.8 Å². The van der Waals surface area contributed by atoms with E-state index in [0.29, 0.717) is 5.56 Å². The zero-order valence-electron chi connectivity index (χ0n) is 10.2. The van der Waals surface area contributed by atoms with Gasteiger partial charge in [-0.15, -0.1) is 0 Å². The van der Waals surface area contributed by atoms with Crippen molar-refractivity contribution in [3.8, 4) is 0 Å². The number of sulfone groups is 1. The van der Waals surface area contributed by atoms with E-state index >= 15 is 0 Å². The summed E-state index contributed by atoms with van der Waals surface area (Å²) in [6.07, 6.45) is 0.953. The number of amides is 1. The van der Waals surface area contributed by atoms with E-state index in [2.05, 4.69) is 5.32 Å². The lowest BCUT2D eigenvalue weighted by atomic mass is 10.2. The van der Waals surface area contributed by atoms with Crippen molar-refractivity contribution < 1.29 is 21.6 Å². The van der Waals surface area contributed by atoms with Gasteiger partial charge in [0.25, 0.3) is 0 Å². The summed E-state index contributed by atoms with van der Waals surface area (Å²) in [6, 6.07) is 5.72. The number of carbonyl (C=O) groups excluding carboxylic acids is 1. The molecule has 7 nitrogen and oxygen atoms in total. The van der Waals surface area contributed by atoms with Crippen LogP contribution < -0.4 is 10.5 Å². The molecule has 0 aliphatic heterocycles. The van der Waals surface area contributed by atoms with Crippen LogP contribution in [0.4, 0.5) is 0 Å². The van der Waals surface area contributed by atoms with Gasteiger partial charge in [0.2, 0.25) is 15.9 Å². The average molecular weight is 306 g/mol. The fraction of sp³-hybridized carbons (Fsp3) is 0.300. The first kappa shape index (κ1) is 15.6. The highest BCUT2D eigenvalue weighted by atomic mass is 32.2. The van der Waals surface area contributed by atoms with Gasteiger partial charge in [0.15, 0.2) is 9.84 Å². The molecule has 0 unspecified atom stereocenters. The molecule has 1 amide bonds. The van der Waals surface area contributed by atoms with E-state index in [1.165, 1.54) is 18.2 Å². The first-order valence-corrected chi connectivity index (χ1v) is 8.75. The van der Waals surface area contributed by atoms with Crippen LogP contribution in [0.1, 0.15) is 5.56 Å². The molecule has 1 aromatic carbocycles. The molecule has 0 heterocycles. The summed E-state index contributed by atoms with van der Waals surface area (Å²) in [7, 11) is -7.19. The van der Waals surface area contributed by atoms with Gasteiger partial charge in [-0.1, -0.05) is 12.1 Å². The zero-order chi connectivity index (χ0) is 14.7. The Bertz CT molecular complexity index is 680. The summed E-state index contributed by atoms with van der Waals surface area (Å²) in [5, 5.41) is 7.35. The molecule has 0 fully saturated rings. The molecule has 0 aliphatic carbocycles. The number of nitrogens with two attached hydrogens (primary N) is 1. The number of primary sulfonamides is 1. The number of nitrogens with one attached hydrogen (secondary N) is 1. The molecule has 0 saturated carbocycles. The van der Waals surface area contributed by atoms with E-state index in [-0.39, 0.29) is 11.4 Å². The summed E-state index contributed by atoms with van der Waals surface area (Å²) < 4.78 is 44.0. The third kappa shape index (κ3) is 5.81. The average Bonchev–Trinajstić information content (AvgIpc) is 2.23. The minimum Gasteiger partial charge on any atom is -0.351 e. The normalized spacial score (nSPS) is 12.1. The summed E-state index contributed by atoms with van der Waals surface area (Å²) in [6.45, 7) is 0.0255. The van der Waals surface area contributed by atoms with E-state index in [1.807, 2.05) is 0 Å². The summed E-state index contributed by atoms with van der Waals surface area (Å²) in [5.41, 5.74) is 0.508. The summed E-state index contributed by atoms with van der Waals surface area (Å²) >= 11 is 0. The third-order valence-electron chi connectivity index (χ3n) is 2.11. The molecule has 3 N–H and O–H groups in total. The number of rotatable bonds is 5. The maximum absolute atomic E-state index is 11.3. The van der Waals surface area contributed by atoms with Crippen LogP contribution in [0, 0.1) is 0 Å². The fourth-order valence-electron chi connectivity index (χ4n) is 1.32. The number of hydrogen-bond donors (Lipinski definition) is 2. The lowest BCUT2D eigenvalue weighted by molar-refractivity contribution is -0.118. The number of hydrogen-bond acceptors (Lipinski definition) is 5. The van der Waals surface area contributed by atoms with Gasteiger partial charge in [0, 0.05) is 12.8 Å². The molecule has 0 radical (unpaired) electrons. The highest BCUT2D eigenvalue weighted by Gasteiger charge is 2.11. The van der Waals surface area contributed by atoms with Crippen molar-refractivity contribution in [2.24, 2.45) is 5.14 Å². The SMILES string of the molecule is CS(=O)(=O)CC(=O)NCc1cccc(S(N)(=O)=O)c1. The molecular weight excluding hydrogens is 292 g/mol. The Kier molecular flexibility index (Phi) is 4.66. The van der Waals surface area contributed by atoms with Crippen LogP contribution in [-0.2, 0) is 31.2 Å². The van der Waals surface area contributed by atoms with Gasteiger partial charge in [0.1, 0.15) is 5.75 Å². The molecule has 1 aromatic rings. The quantitative estimate of drug-likeness (QED) is 0.722. The van der Waals surface area contributed by atoms with E-state index < -0.39 is 31.5 Å². The van der Waals surface area contributed by atoms with Crippen LogP contribution in [0.2, 0.25) is 0 Å². The van der Waals surface area contributed by atoms with Crippen molar-refractivity contribution in [2.45, 2.75) is 11.4 Å². The number of carbonyl (C=O) groups is 1. The van der Waals surface area contributed by atoms with Gasteiger partial charge in [0.05, 0.1) is 4.90 Å². The van der Waals surface area contributed by atoms with Crippen LogP contribution in [0.5, 0.6) is 0 Å². The molecule has 1 rings (SSSR count). The van der Waals surface area contributed by atoms with E-state index in [1.54, 1.807) is 6.07 Å². The molecule has 106 valence electrons. The molecule has 0 bridgehead atoms. The Hall–Kier alpha value is -1.45. The van der Waals surface area contributed by atoms with Gasteiger partial charge >= 0.3 is 0 Å². The van der Waals surface area contributed by atoms with Crippen molar-refractivity contribution in [2.75, 3.05) is 12.0 Å². The third-order valence-corrected chi connectivity index (χ3v) is 3.81. The predicted octanol–water partition coefficient (Wildman–Crippen LogP) is -1.01. The zero-order valence-corrected chi connectivity index (χ0v) is 11.8. The fourth-order valence-corrected chi connectivity index (χ4v) is 2.48. The predicted molar refractivity (Wildman–Crippen MR) is 69.4 cm³/mol. The largest absolute Gasteiger partial charge is 0.351 e. The number of benzene rings is 1. The highest BCUT2D eigenvalue weighted by Crippen LogP contribution is 2.09. The van der Waals surface area contributed by atoms with Gasteiger partial charge in [-0.2, -0.15) is 0 Å². The molecule has 0 spiro atoms. The minimum atomic E-state index is -3.80. The van der Waals surface area contributed by atoms with Gasteiger partial charge in [-0.25, -0.2) is 22.0 Å². The van der Waals surface area contributed by atoms with E-state index in [0.717, 1.165) is 6.26 Å².